The van der Waals surface area contributed by atoms with Gasteiger partial charge in [0.25, 0.3) is 0 Å². The lowest BCUT2D eigenvalue weighted by molar-refractivity contribution is -0.138. The Bertz CT molecular complexity index is 4830. The highest BCUT2D eigenvalue weighted by molar-refractivity contribution is 7.99. The zero-order valence-corrected chi connectivity index (χ0v) is 71.2. The Balaban J connectivity index is 0.000000158. The van der Waals surface area contributed by atoms with E-state index in [1.54, 1.807) is 22.9 Å². The number of aromatic amines is 3. The summed E-state index contributed by atoms with van der Waals surface area (Å²) < 4.78 is 33.1. The number of benzene rings is 3. The third-order valence-electron chi connectivity index (χ3n) is 22.3. The molecular weight excluding hydrogens is 1530 g/mol. The first kappa shape index (κ1) is 84.4. The Labute approximate surface area is 684 Å². The van der Waals surface area contributed by atoms with Crippen molar-refractivity contribution in [1.82, 2.24) is 84.8 Å². The van der Waals surface area contributed by atoms with Crippen molar-refractivity contribution in [3.63, 3.8) is 0 Å². The molecule has 5 saturated heterocycles. The first-order chi connectivity index (χ1) is 54.2. The molecular formula is C82H111Cl3N22O4S2. The number of nitrogens with one attached hydrogen (secondary N) is 9. The fourth-order valence-electron chi connectivity index (χ4n) is 16.0. The molecule has 9 aromatic rings. The second-order valence-corrected chi connectivity index (χ2v) is 35.8. The molecule has 0 bridgehead atoms. The number of carbonyl (C=O) groups excluding carboxylic acids is 1. The molecule has 5 aliphatic heterocycles. The van der Waals surface area contributed by atoms with Crippen LogP contribution in [0.25, 0.3) is 0 Å². The van der Waals surface area contributed by atoms with Gasteiger partial charge in [0, 0.05) is 98.4 Å². The van der Waals surface area contributed by atoms with Gasteiger partial charge in [-0.1, -0.05) is 66.0 Å². The zero-order valence-electron chi connectivity index (χ0n) is 67.3. The molecule has 9 N–H and O–H groups in total. The summed E-state index contributed by atoms with van der Waals surface area (Å²) >= 11 is 21.1. The molecule has 0 saturated carbocycles. The number of aryl methyl sites for hydroxylation is 9. The maximum atomic E-state index is 13.0. The van der Waals surface area contributed by atoms with Crippen molar-refractivity contribution >= 4 is 121 Å². The largest absolute Gasteiger partial charge is 0.379 e. The van der Waals surface area contributed by atoms with E-state index < -0.39 is 15.6 Å². The first-order valence-corrected chi connectivity index (χ1v) is 43.5. The SMILES string of the molecule is CCNC(C)(C)C(=O)N1CCC(c2cc(C)c(Cc3ncc(Cl)c(Nc4cc(C)[nH]n4)n3)cc2C)CC1.Cc1cc(Nc2nc(Nc3cc(C)c(C4CCN(C5CCSCC5)CC4)cc3C)ncc2Cl)n[nH]1.Cc1cc(Nc2nc(Nc3cc(C)c(C4CCN(S(=O)(=O)CCCN5CCOCC5)CC4)cc3C)ncc2Cl)n[nH]1. The van der Waals surface area contributed by atoms with E-state index in [1.807, 2.05) is 64.6 Å². The molecule has 0 radical (unpaired) electrons. The molecule has 0 spiro atoms. The number of H-pyrrole nitrogens is 3. The molecule has 1 amide bonds. The van der Waals surface area contributed by atoms with Gasteiger partial charge in [-0.2, -0.15) is 37.0 Å². The number of ether oxygens (including phenoxy) is 1. The van der Waals surface area contributed by atoms with Crippen molar-refractivity contribution in [1.29, 1.82) is 0 Å². The van der Waals surface area contributed by atoms with E-state index in [4.69, 9.17) is 39.5 Å². The number of halogens is 3. The van der Waals surface area contributed by atoms with Gasteiger partial charge < -0.3 is 46.4 Å². The lowest BCUT2D eigenvalue weighted by Crippen LogP contribution is -2.55. The maximum Gasteiger partial charge on any atom is 0.242 e. The number of sulfonamides is 1. The Hall–Kier alpha value is -8.03. The Morgan fingerprint density at radius 2 is 0.982 bits per heavy atom. The molecule has 5 fully saturated rings. The quantitative estimate of drug-likeness (QED) is 0.0271. The highest BCUT2D eigenvalue weighted by Crippen LogP contribution is 2.40. The fraction of sp³-hybridized carbons (Fsp3) is 0.512. The highest BCUT2D eigenvalue weighted by atomic mass is 35.5. The number of hydrogen-bond donors (Lipinski definition) is 9. The van der Waals surface area contributed by atoms with E-state index in [2.05, 4.69) is 192 Å². The molecule has 26 nitrogen and oxygen atoms in total. The van der Waals surface area contributed by atoms with Crippen LogP contribution in [0.15, 0.2) is 73.2 Å². The van der Waals surface area contributed by atoms with Gasteiger partial charge in [0.15, 0.2) is 34.9 Å². The zero-order chi connectivity index (χ0) is 80.1. The summed E-state index contributed by atoms with van der Waals surface area (Å²) in [6.45, 7) is 34.6. The summed E-state index contributed by atoms with van der Waals surface area (Å²) in [5.41, 5.74) is 16.8. The molecule has 11 heterocycles. The van der Waals surface area contributed by atoms with E-state index in [9.17, 15) is 13.2 Å². The molecule has 6 aromatic heterocycles. The van der Waals surface area contributed by atoms with Gasteiger partial charge in [-0.05, 0) is 257 Å². The number of amides is 1. The summed E-state index contributed by atoms with van der Waals surface area (Å²) in [6, 6.07) is 20.0. The van der Waals surface area contributed by atoms with Crippen LogP contribution in [0.4, 0.5) is 58.2 Å². The number of likely N-dealkylation sites (N-methyl/N-ethyl adjacent to an activating group) is 1. The first-order valence-electron chi connectivity index (χ1n) is 39.6. The van der Waals surface area contributed by atoms with Crippen LogP contribution in [-0.4, -0.2) is 201 Å². The number of hydrogen-bond acceptors (Lipinski definition) is 22. The molecule has 3 aromatic carbocycles. The smallest absolute Gasteiger partial charge is 0.242 e. The minimum Gasteiger partial charge on any atom is -0.379 e. The van der Waals surface area contributed by atoms with Crippen LogP contribution in [0.5, 0.6) is 0 Å². The van der Waals surface area contributed by atoms with Crippen LogP contribution in [0.3, 0.4) is 0 Å². The normalized spacial score (nSPS) is 16.8. The molecule has 0 aliphatic carbocycles. The Kier molecular flexibility index (Phi) is 28.8. The second-order valence-electron chi connectivity index (χ2n) is 31.2. The number of carbonyl (C=O) groups is 1. The number of thioether (sulfide) groups is 1. The molecule has 5 aliphatic rings. The highest BCUT2D eigenvalue weighted by Gasteiger charge is 2.35. The lowest BCUT2D eigenvalue weighted by atomic mass is 9.84. The van der Waals surface area contributed by atoms with Crippen molar-refractivity contribution in [2.45, 2.75) is 177 Å². The number of aromatic nitrogens is 12. The van der Waals surface area contributed by atoms with Crippen molar-refractivity contribution in [3.8, 4) is 0 Å². The second kappa shape index (κ2) is 38.6. The van der Waals surface area contributed by atoms with E-state index in [1.165, 1.54) is 94.8 Å². The van der Waals surface area contributed by atoms with Gasteiger partial charge in [-0.3, -0.25) is 25.0 Å². The van der Waals surface area contributed by atoms with Gasteiger partial charge >= 0.3 is 0 Å². The van der Waals surface area contributed by atoms with E-state index in [0.29, 0.717) is 111 Å². The standard InChI is InChI=1S/C28H39ClN8O3S.C28H38ClN7O.C26H34ClN7S/c1-19-16-25(31-28-30-18-24(29)27(33-28)32-26-17-21(3)34-35-26)20(2)15-23(19)22-5-8-37(9-6-22)41(38,39)14-4-7-36-10-12-40-13-11-36;1-7-31-28(5,6)27(37)36-10-8-20(9-11-36)22-13-17(2)21(12-18(22)3)15-24-30-16-23(29)26(32-24)33-25-14-19(4)34-35-25;1-16-13-23(29-26-28-15-22(27)25(31-26)30-24-14-18(3)32-33-24)17(2)12-21(16)19-4-8-34(9-5-19)20-6-10-35-11-7-20/h15-18,22H,4-14H2,1-3H3,(H3,30,31,32,33,34,35);12-14,16,20,31H,7-11,15H2,1-6H3,(H2,30,32,33,34,35);12-15,19-20H,4-11H2,1-3H3,(H3,28,29,30,31,32,33). The predicted octanol–water partition coefficient (Wildman–Crippen LogP) is 16.0. The van der Waals surface area contributed by atoms with Crippen LogP contribution >= 0.6 is 46.6 Å². The van der Waals surface area contributed by atoms with E-state index >= 15 is 0 Å². The number of likely N-dealkylation sites (tertiary alicyclic amines) is 2. The third-order valence-corrected chi connectivity index (χ3v) is 26.1. The van der Waals surface area contributed by atoms with E-state index in [0.717, 1.165) is 124 Å². The van der Waals surface area contributed by atoms with Crippen LogP contribution in [-0.2, 0) is 26.0 Å². The Morgan fingerprint density at radius 3 is 1.45 bits per heavy atom. The summed E-state index contributed by atoms with van der Waals surface area (Å²) in [6.07, 6.45) is 14.9. The minimum atomic E-state index is -3.24. The number of piperidine rings is 3. The van der Waals surface area contributed by atoms with Crippen molar-refractivity contribution in [2.75, 3.05) is 123 Å². The molecule has 606 valence electrons. The average molecular weight is 1640 g/mol. The molecule has 14 rings (SSSR count). The topological polar surface area (TPSA) is 309 Å². The average Bonchev–Trinajstić information content (AvgIpc) is 1.32. The molecule has 113 heavy (non-hydrogen) atoms. The summed E-state index contributed by atoms with van der Waals surface area (Å²) in [5, 5.41) is 42.0. The van der Waals surface area contributed by atoms with Gasteiger partial charge in [-0.25, -0.2) is 32.7 Å². The van der Waals surface area contributed by atoms with Gasteiger partial charge in [0.1, 0.15) is 20.9 Å². The molecule has 0 unspecified atom stereocenters. The minimum absolute atomic E-state index is 0.190. The van der Waals surface area contributed by atoms with Gasteiger partial charge in [0.2, 0.25) is 27.8 Å². The van der Waals surface area contributed by atoms with Gasteiger partial charge in [0.05, 0.1) is 43.1 Å². The van der Waals surface area contributed by atoms with Gasteiger partial charge in [-0.15, -0.1) is 0 Å². The summed E-state index contributed by atoms with van der Waals surface area (Å²) in [4.78, 5) is 47.0. The number of anilines is 10. The monoisotopic (exact) mass is 1640 g/mol. The molecule has 31 heteroatoms. The molecule has 0 atom stereocenters. The van der Waals surface area contributed by atoms with Crippen molar-refractivity contribution < 1.29 is 17.9 Å². The lowest BCUT2D eigenvalue weighted by Gasteiger charge is -2.39. The summed E-state index contributed by atoms with van der Waals surface area (Å²) in [5.74, 6) is 9.57. The number of nitrogens with zero attached hydrogens (tertiary/aromatic N) is 13. The van der Waals surface area contributed by atoms with Crippen molar-refractivity contribution in [2.24, 2.45) is 0 Å². The number of morpholine rings is 1. The van der Waals surface area contributed by atoms with Crippen molar-refractivity contribution in [3.05, 3.63) is 167 Å². The van der Waals surface area contributed by atoms with Crippen LogP contribution in [0, 0.1) is 62.3 Å². The van der Waals surface area contributed by atoms with E-state index in [-0.39, 0.29) is 11.7 Å². The fourth-order valence-corrected chi connectivity index (χ4v) is 19.0. The third kappa shape index (κ3) is 22.5. The summed E-state index contributed by atoms with van der Waals surface area (Å²) in [7, 11) is -3.24. The number of rotatable bonds is 24. The predicted molar refractivity (Wildman–Crippen MR) is 457 cm³/mol. The van der Waals surface area contributed by atoms with Crippen LogP contribution < -0.4 is 31.9 Å². The van der Waals surface area contributed by atoms with Crippen LogP contribution in [0.2, 0.25) is 15.1 Å². The maximum absolute atomic E-state index is 13.0. The van der Waals surface area contributed by atoms with Crippen LogP contribution in [0.1, 0.15) is 175 Å². The Morgan fingerprint density at radius 1 is 0.540 bits per heavy atom.